The predicted molar refractivity (Wildman–Crippen MR) is 77.4 cm³/mol. The standard InChI is InChI=1S/C14H19Cl2NO/c1-9(2)6-10(8-17)7-13(18)11-4-3-5-12(15)14(11)16/h3-5,9-10H,6-8,17H2,1-2H3. The SMILES string of the molecule is CC(C)CC(CN)CC(=O)c1cccc(Cl)c1Cl. The summed E-state index contributed by atoms with van der Waals surface area (Å²) in [6.07, 6.45) is 1.37. The third-order valence-corrected chi connectivity index (χ3v) is 3.68. The zero-order chi connectivity index (χ0) is 13.7. The quantitative estimate of drug-likeness (QED) is 0.798. The minimum Gasteiger partial charge on any atom is -0.330 e. The van der Waals surface area contributed by atoms with Crippen LogP contribution >= 0.6 is 23.2 Å². The van der Waals surface area contributed by atoms with Gasteiger partial charge in [-0.25, -0.2) is 0 Å². The molecule has 0 heterocycles. The highest BCUT2D eigenvalue weighted by atomic mass is 35.5. The second-order valence-electron chi connectivity index (χ2n) is 4.96. The van der Waals surface area contributed by atoms with Gasteiger partial charge in [0.25, 0.3) is 0 Å². The number of ketones is 1. The van der Waals surface area contributed by atoms with Crippen LogP contribution in [0.15, 0.2) is 18.2 Å². The molecular weight excluding hydrogens is 269 g/mol. The van der Waals surface area contributed by atoms with Crippen molar-refractivity contribution in [2.45, 2.75) is 26.7 Å². The molecule has 0 saturated carbocycles. The molecule has 2 nitrogen and oxygen atoms in total. The van der Waals surface area contributed by atoms with Crippen LogP contribution < -0.4 is 5.73 Å². The first kappa shape index (κ1) is 15.5. The van der Waals surface area contributed by atoms with Gasteiger partial charge in [0.15, 0.2) is 5.78 Å². The van der Waals surface area contributed by atoms with E-state index in [-0.39, 0.29) is 11.7 Å². The summed E-state index contributed by atoms with van der Waals surface area (Å²) in [4.78, 5) is 12.2. The van der Waals surface area contributed by atoms with E-state index in [1.54, 1.807) is 18.2 Å². The number of hydrogen-bond donors (Lipinski definition) is 1. The average Bonchev–Trinajstić information content (AvgIpc) is 2.31. The topological polar surface area (TPSA) is 43.1 Å². The Hall–Kier alpha value is -0.570. The molecule has 1 atom stereocenters. The molecule has 0 saturated heterocycles. The van der Waals surface area contributed by atoms with Crippen LogP contribution in [0.25, 0.3) is 0 Å². The molecule has 1 aromatic carbocycles. The Morgan fingerprint density at radius 1 is 1.33 bits per heavy atom. The van der Waals surface area contributed by atoms with E-state index in [4.69, 9.17) is 28.9 Å². The normalized spacial score (nSPS) is 12.8. The van der Waals surface area contributed by atoms with Crippen LogP contribution in [0.2, 0.25) is 10.0 Å². The monoisotopic (exact) mass is 287 g/mol. The van der Waals surface area contributed by atoms with Crippen molar-refractivity contribution in [3.63, 3.8) is 0 Å². The van der Waals surface area contributed by atoms with Gasteiger partial charge in [0, 0.05) is 12.0 Å². The van der Waals surface area contributed by atoms with E-state index in [0.29, 0.717) is 34.5 Å². The number of hydrogen-bond acceptors (Lipinski definition) is 2. The Labute approximate surface area is 118 Å². The third-order valence-electron chi connectivity index (χ3n) is 2.86. The molecule has 100 valence electrons. The van der Waals surface area contributed by atoms with E-state index in [0.717, 1.165) is 6.42 Å². The highest BCUT2D eigenvalue weighted by Crippen LogP contribution is 2.27. The van der Waals surface area contributed by atoms with Crippen molar-refractivity contribution in [1.29, 1.82) is 0 Å². The van der Waals surface area contributed by atoms with Gasteiger partial charge < -0.3 is 5.73 Å². The van der Waals surface area contributed by atoms with Crippen molar-refractivity contribution in [3.05, 3.63) is 33.8 Å². The molecule has 0 radical (unpaired) electrons. The first-order valence-corrected chi connectivity index (χ1v) is 6.88. The lowest BCUT2D eigenvalue weighted by Crippen LogP contribution is -2.20. The maximum atomic E-state index is 12.2. The molecule has 0 aromatic heterocycles. The van der Waals surface area contributed by atoms with Gasteiger partial charge in [-0.3, -0.25) is 4.79 Å². The molecule has 0 spiro atoms. The minimum absolute atomic E-state index is 0.0126. The molecule has 0 bridgehead atoms. The zero-order valence-electron chi connectivity index (χ0n) is 10.7. The largest absolute Gasteiger partial charge is 0.330 e. The van der Waals surface area contributed by atoms with Crippen molar-refractivity contribution >= 4 is 29.0 Å². The van der Waals surface area contributed by atoms with Crippen LogP contribution in [0.4, 0.5) is 0 Å². The van der Waals surface area contributed by atoms with E-state index >= 15 is 0 Å². The van der Waals surface area contributed by atoms with Crippen LogP contribution in [0.5, 0.6) is 0 Å². The van der Waals surface area contributed by atoms with E-state index in [1.807, 2.05) is 0 Å². The number of carbonyl (C=O) groups excluding carboxylic acids is 1. The molecular formula is C14H19Cl2NO. The fourth-order valence-electron chi connectivity index (χ4n) is 2.02. The van der Waals surface area contributed by atoms with Gasteiger partial charge in [-0.05, 0) is 36.9 Å². The number of benzene rings is 1. The van der Waals surface area contributed by atoms with E-state index in [1.165, 1.54) is 0 Å². The second kappa shape index (κ2) is 7.13. The molecule has 1 aromatic rings. The summed E-state index contributed by atoms with van der Waals surface area (Å²) in [6.45, 7) is 4.76. The van der Waals surface area contributed by atoms with Gasteiger partial charge in [-0.1, -0.05) is 43.1 Å². The highest BCUT2D eigenvalue weighted by Gasteiger charge is 2.18. The third kappa shape index (κ3) is 4.27. The lowest BCUT2D eigenvalue weighted by Gasteiger charge is -2.16. The zero-order valence-corrected chi connectivity index (χ0v) is 12.3. The van der Waals surface area contributed by atoms with Crippen molar-refractivity contribution < 1.29 is 4.79 Å². The summed E-state index contributed by atoms with van der Waals surface area (Å²) in [7, 11) is 0. The second-order valence-corrected chi connectivity index (χ2v) is 5.75. The predicted octanol–water partition coefficient (Wildman–Crippen LogP) is 4.19. The summed E-state index contributed by atoms with van der Waals surface area (Å²) in [5, 5.41) is 0.750. The molecule has 2 N–H and O–H groups in total. The number of Topliss-reactive ketones (excluding diaryl/α,β-unsaturated/α-hetero) is 1. The Kier molecular flexibility index (Phi) is 6.13. The van der Waals surface area contributed by atoms with Gasteiger partial charge in [-0.15, -0.1) is 0 Å². The Morgan fingerprint density at radius 2 is 2.00 bits per heavy atom. The van der Waals surface area contributed by atoms with Crippen LogP contribution in [0.3, 0.4) is 0 Å². The molecule has 0 amide bonds. The van der Waals surface area contributed by atoms with Gasteiger partial charge in [-0.2, -0.15) is 0 Å². The van der Waals surface area contributed by atoms with Crippen LogP contribution in [0, 0.1) is 11.8 Å². The van der Waals surface area contributed by atoms with E-state index in [2.05, 4.69) is 13.8 Å². The van der Waals surface area contributed by atoms with Crippen LogP contribution in [0.1, 0.15) is 37.0 Å². The lowest BCUT2D eigenvalue weighted by molar-refractivity contribution is 0.0957. The number of carbonyl (C=O) groups is 1. The molecule has 0 aliphatic heterocycles. The highest BCUT2D eigenvalue weighted by molar-refractivity contribution is 6.43. The minimum atomic E-state index is 0.0126. The first-order valence-electron chi connectivity index (χ1n) is 6.13. The molecule has 18 heavy (non-hydrogen) atoms. The van der Waals surface area contributed by atoms with Crippen molar-refractivity contribution in [3.8, 4) is 0 Å². The molecule has 1 rings (SSSR count). The molecule has 0 aliphatic carbocycles. The fraction of sp³-hybridized carbons (Fsp3) is 0.500. The summed E-state index contributed by atoms with van der Waals surface area (Å²) in [5.74, 6) is 0.743. The molecule has 1 unspecified atom stereocenters. The smallest absolute Gasteiger partial charge is 0.164 e. The van der Waals surface area contributed by atoms with Crippen molar-refractivity contribution in [2.24, 2.45) is 17.6 Å². The first-order chi connectivity index (χ1) is 8.45. The maximum Gasteiger partial charge on any atom is 0.164 e. The van der Waals surface area contributed by atoms with Gasteiger partial charge in [0.2, 0.25) is 0 Å². The summed E-state index contributed by atoms with van der Waals surface area (Å²) < 4.78 is 0. The Balaban J connectivity index is 2.78. The molecule has 0 fully saturated rings. The maximum absolute atomic E-state index is 12.2. The van der Waals surface area contributed by atoms with E-state index < -0.39 is 0 Å². The fourth-order valence-corrected chi connectivity index (χ4v) is 2.43. The van der Waals surface area contributed by atoms with Gasteiger partial charge in [0.1, 0.15) is 0 Å². The molecule has 0 aliphatic rings. The van der Waals surface area contributed by atoms with Crippen molar-refractivity contribution in [1.82, 2.24) is 0 Å². The van der Waals surface area contributed by atoms with Gasteiger partial charge in [0.05, 0.1) is 10.0 Å². The Bertz CT molecular complexity index is 418. The average molecular weight is 288 g/mol. The van der Waals surface area contributed by atoms with Crippen LogP contribution in [-0.4, -0.2) is 12.3 Å². The van der Waals surface area contributed by atoms with Crippen molar-refractivity contribution in [2.75, 3.05) is 6.54 Å². The number of rotatable bonds is 6. The number of nitrogens with two attached hydrogens (primary N) is 1. The van der Waals surface area contributed by atoms with E-state index in [9.17, 15) is 4.79 Å². The van der Waals surface area contributed by atoms with Gasteiger partial charge >= 0.3 is 0 Å². The molecule has 4 heteroatoms. The lowest BCUT2D eigenvalue weighted by atomic mass is 9.91. The Morgan fingerprint density at radius 3 is 2.56 bits per heavy atom. The van der Waals surface area contributed by atoms with Crippen LogP contribution in [-0.2, 0) is 0 Å². The number of halogens is 2. The summed E-state index contributed by atoms with van der Waals surface area (Å²) in [6, 6.07) is 5.12. The summed E-state index contributed by atoms with van der Waals surface area (Å²) in [5.41, 5.74) is 6.20. The summed E-state index contributed by atoms with van der Waals surface area (Å²) >= 11 is 11.9.